The van der Waals surface area contributed by atoms with Gasteiger partial charge in [-0.25, -0.2) is 14.6 Å². The summed E-state index contributed by atoms with van der Waals surface area (Å²) in [5, 5.41) is 29.5. The quantitative estimate of drug-likeness (QED) is 0.226. The summed E-state index contributed by atoms with van der Waals surface area (Å²) in [5.41, 5.74) is 0. The molecule has 10 heteroatoms. The summed E-state index contributed by atoms with van der Waals surface area (Å²) in [6.07, 6.45) is 2.66. The summed E-state index contributed by atoms with van der Waals surface area (Å²) < 4.78 is 1.08. The number of hydroxylamine groups is 3. The van der Waals surface area contributed by atoms with Crippen LogP contribution in [-0.4, -0.2) is 81.2 Å². The molecule has 1 aromatic heterocycles. The molecule has 2 rings (SSSR count). The molecule has 0 spiro atoms. The van der Waals surface area contributed by atoms with Gasteiger partial charge in [0.1, 0.15) is 12.4 Å². The van der Waals surface area contributed by atoms with Crippen molar-refractivity contribution in [3.05, 3.63) is 27.3 Å². The second kappa shape index (κ2) is 7.69. The molecule has 0 radical (unpaired) electrons. The summed E-state index contributed by atoms with van der Waals surface area (Å²) in [7, 11) is 1.56. The third-order valence-corrected chi connectivity index (χ3v) is 4.43. The molecule has 10 nitrogen and oxygen atoms in total. The van der Waals surface area contributed by atoms with Crippen molar-refractivity contribution in [1.29, 1.82) is 0 Å². The standard InChI is InChI=1S/C14H25N7O3/c1-4-18(5-2)6-8-21(24)9-7-19(12-21)16-10-13-15-11-14(17(13)3)20(22)23/h10-11H,4-9,12H2,1-3H3. The van der Waals surface area contributed by atoms with Crippen molar-refractivity contribution in [3.8, 4) is 0 Å². The smallest absolute Gasteiger partial charge is 0.342 e. The first-order chi connectivity index (χ1) is 11.4. The Balaban J connectivity index is 1.92. The fraction of sp³-hybridized carbons (Fsp3) is 0.714. The van der Waals surface area contributed by atoms with Crippen LogP contribution in [-0.2, 0) is 7.05 Å². The maximum absolute atomic E-state index is 12.7. The van der Waals surface area contributed by atoms with E-state index in [-0.39, 0.29) is 10.5 Å². The lowest BCUT2D eigenvalue weighted by molar-refractivity contribution is -0.872. The number of hydrogen-bond acceptors (Lipinski definition) is 7. The second-order valence-corrected chi connectivity index (χ2v) is 5.94. The minimum Gasteiger partial charge on any atom is -0.631 e. The van der Waals surface area contributed by atoms with Gasteiger partial charge < -0.3 is 20.0 Å². The summed E-state index contributed by atoms with van der Waals surface area (Å²) in [5.74, 6) is 0.298. The highest BCUT2D eigenvalue weighted by atomic mass is 16.6. The first-order valence-electron chi connectivity index (χ1n) is 8.13. The van der Waals surface area contributed by atoms with Crippen LogP contribution >= 0.6 is 0 Å². The van der Waals surface area contributed by atoms with Gasteiger partial charge in [0.05, 0.1) is 26.7 Å². The molecule has 134 valence electrons. The molecule has 1 aliphatic heterocycles. The highest BCUT2D eigenvalue weighted by molar-refractivity contribution is 5.75. The molecule has 1 unspecified atom stereocenters. The van der Waals surface area contributed by atoms with Crippen LogP contribution in [0.1, 0.15) is 19.7 Å². The minimum absolute atomic E-state index is 0.0916. The SMILES string of the molecule is CCN(CC)CC[N+]1([O-])CCN(N=Cc2ncc([N+](=O)[O-])n2C)C1. The van der Waals surface area contributed by atoms with Gasteiger partial charge in [0.2, 0.25) is 5.82 Å². The van der Waals surface area contributed by atoms with Crippen molar-refractivity contribution in [3.63, 3.8) is 0 Å². The van der Waals surface area contributed by atoms with Crippen LogP contribution < -0.4 is 0 Å². The molecule has 1 atom stereocenters. The molecular weight excluding hydrogens is 314 g/mol. The zero-order chi connectivity index (χ0) is 17.7. The molecule has 2 heterocycles. The van der Waals surface area contributed by atoms with Crippen molar-refractivity contribution < 1.29 is 9.57 Å². The van der Waals surface area contributed by atoms with Crippen LogP contribution in [0.3, 0.4) is 0 Å². The van der Waals surface area contributed by atoms with Crippen molar-refractivity contribution in [1.82, 2.24) is 19.5 Å². The fourth-order valence-electron chi connectivity index (χ4n) is 2.71. The first kappa shape index (κ1) is 18.3. The van der Waals surface area contributed by atoms with E-state index in [2.05, 4.69) is 28.8 Å². The maximum atomic E-state index is 12.7. The van der Waals surface area contributed by atoms with Crippen molar-refractivity contribution in [2.45, 2.75) is 13.8 Å². The molecule has 1 saturated heterocycles. The number of aromatic nitrogens is 2. The van der Waals surface area contributed by atoms with E-state index in [9.17, 15) is 15.3 Å². The molecule has 0 aliphatic carbocycles. The molecule has 24 heavy (non-hydrogen) atoms. The fourth-order valence-corrected chi connectivity index (χ4v) is 2.71. The van der Waals surface area contributed by atoms with Crippen LogP contribution in [0.5, 0.6) is 0 Å². The lowest BCUT2D eigenvalue weighted by Gasteiger charge is -2.38. The summed E-state index contributed by atoms with van der Waals surface area (Å²) in [6, 6.07) is 0. The zero-order valence-corrected chi connectivity index (χ0v) is 14.5. The molecule has 0 N–H and O–H groups in total. The maximum Gasteiger partial charge on any atom is 0.342 e. The molecular formula is C14H25N7O3. The Morgan fingerprint density at radius 1 is 1.50 bits per heavy atom. The van der Waals surface area contributed by atoms with Crippen molar-refractivity contribution >= 4 is 12.0 Å². The number of rotatable bonds is 8. The van der Waals surface area contributed by atoms with Gasteiger partial charge in [-0.05, 0) is 18.0 Å². The van der Waals surface area contributed by atoms with E-state index in [4.69, 9.17) is 0 Å². The van der Waals surface area contributed by atoms with Gasteiger partial charge in [0.25, 0.3) is 0 Å². The third kappa shape index (κ3) is 4.28. The van der Waals surface area contributed by atoms with E-state index in [0.29, 0.717) is 32.1 Å². The highest BCUT2D eigenvalue weighted by Crippen LogP contribution is 2.16. The number of hydrazone groups is 1. The lowest BCUT2D eigenvalue weighted by atomic mass is 10.4. The normalized spacial score (nSPS) is 21.3. The number of quaternary nitrogens is 1. The van der Waals surface area contributed by atoms with Crippen LogP contribution in [0, 0.1) is 15.3 Å². The Morgan fingerprint density at radius 3 is 2.79 bits per heavy atom. The van der Waals surface area contributed by atoms with Crippen molar-refractivity contribution in [2.24, 2.45) is 12.1 Å². The topological polar surface area (TPSA) is 103 Å². The number of imidazole rings is 1. The van der Waals surface area contributed by atoms with Gasteiger partial charge in [-0.3, -0.25) is 4.90 Å². The number of likely N-dealkylation sites (N-methyl/N-ethyl adjacent to an activating group) is 1. The summed E-state index contributed by atoms with van der Waals surface area (Å²) in [4.78, 5) is 16.5. The molecule has 0 saturated carbocycles. The largest absolute Gasteiger partial charge is 0.631 e. The number of nitrogens with zero attached hydrogens (tertiary/aromatic N) is 7. The molecule has 0 amide bonds. The molecule has 0 aromatic carbocycles. The molecule has 0 bridgehead atoms. The van der Waals surface area contributed by atoms with Gasteiger partial charge in [-0.2, -0.15) is 5.10 Å². The number of hydrogen-bond donors (Lipinski definition) is 0. The monoisotopic (exact) mass is 339 g/mol. The molecule has 1 aliphatic rings. The van der Waals surface area contributed by atoms with Gasteiger partial charge in [0, 0.05) is 6.54 Å². The van der Waals surface area contributed by atoms with E-state index in [0.717, 1.165) is 19.6 Å². The van der Waals surface area contributed by atoms with Gasteiger partial charge in [-0.1, -0.05) is 13.8 Å². The van der Waals surface area contributed by atoms with E-state index in [1.807, 2.05) is 0 Å². The van der Waals surface area contributed by atoms with Crippen LogP contribution in [0.15, 0.2) is 11.3 Å². The first-order valence-corrected chi connectivity index (χ1v) is 8.13. The predicted molar refractivity (Wildman–Crippen MR) is 90.2 cm³/mol. The van der Waals surface area contributed by atoms with E-state index >= 15 is 0 Å². The number of nitro groups is 1. The second-order valence-electron chi connectivity index (χ2n) is 5.94. The average Bonchev–Trinajstić information content (AvgIpc) is 3.10. The van der Waals surface area contributed by atoms with Crippen LogP contribution in [0.2, 0.25) is 0 Å². The third-order valence-electron chi connectivity index (χ3n) is 4.43. The molecule has 1 aromatic rings. The van der Waals surface area contributed by atoms with E-state index in [1.54, 1.807) is 12.1 Å². The Bertz CT molecular complexity index is 599. The Morgan fingerprint density at radius 2 is 2.21 bits per heavy atom. The van der Waals surface area contributed by atoms with Gasteiger partial charge in [-0.15, -0.1) is 0 Å². The molecule has 1 fully saturated rings. The van der Waals surface area contributed by atoms with Crippen molar-refractivity contribution in [2.75, 3.05) is 45.9 Å². The van der Waals surface area contributed by atoms with E-state index < -0.39 is 4.92 Å². The highest BCUT2D eigenvalue weighted by Gasteiger charge is 2.28. The average molecular weight is 339 g/mol. The minimum atomic E-state index is -0.493. The van der Waals surface area contributed by atoms with Crippen LogP contribution in [0.25, 0.3) is 0 Å². The van der Waals surface area contributed by atoms with Crippen LogP contribution in [0.4, 0.5) is 5.82 Å². The van der Waals surface area contributed by atoms with E-state index in [1.165, 1.54) is 17.0 Å². The summed E-state index contributed by atoms with van der Waals surface area (Å²) in [6.45, 7) is 8.75. The van der Waals surface area contributed by atoms with Gasteiger partial charge >= 0.3 is 5.82 Å². The zero-order valence-electron chi connectivity index (χ0n) is 14.5. The summed E-state index contributed by atoms with van der Waals surface area (Å²) >= 11 is 0. The Labute approximate surface area is 141 Å². The predicted octanol–water partition coefficient (Wildman–Crippen LogP) is 0.592. The lowest BCUT2D eigenvalue weighted by Crippen LogP contribution is -2.46. The van der Waals surface area contributed by atoms with Gasteiger partial charge in [0.15, 0.2) is 6.67 Å². The Kier molecular flexibility index (Phi) is 5.86. The Hall–Kier alpha value is -2.04.